The third kappa shape index (κ3) is 2.80. The Morgan fingerprint density at radius 3 is 2.62 bits per heavy atom. The summed E-state index contributed by atoms with van der Waals surface area (Å²) in [7, 11) is 0. The van der Waals surface area contributed by atoms with Gasteiger partial charge in [-0.1, -0.05) is 12.1 Å². The van der Waals surface area contributed by atoms with Gasteiger partial charge in [0.2, 0.25) is 0 Å². The molecule has 0 radical (unpaired) electrons. The first kappa shape index (κ1) is 11.6. The number of nitrogens with zero attached hydrogens (tertiary/aromatic N) is 1. The van der Waals surface area contributed by atoms with Crippen LogP contribution >= 0.6 is 22.9 Å². The van der Waals surface area contributed by atoms with E-state index in [0.717, 1.165) is 15.4 Å². The summed E-state index contributed by atoms with van der Waals surface area (Å²) in [4.78, 5) is 5.23. The SMILES string of the molecule is Cc1ncc(C(Cl)Cc2ccc(F)cc2)s1. The lowest BCUT2D eigenvalue weighted by Gasteiger charge is -2.06. The van der Waals surface area contributed by atoms with E-state index >= 15 is 0 Å². The fraction of sp³-hybridized carbons (Fsp3) is 0.250. The molecule has 0 saturated heterocycles. The Morgan fingerprint density at radius 2 is 2.06 bits per heavy atom. The topological polar surface area (TPSA) is 12.9 Å². The molecule has 1 nitrogen and oxygen atoms in total. The molecule has 1 heterocycles. The molecule has 4 heteroatoms. The van der Waals surface area contributed by atoms with E-state index in [1.807, 2.05) is 6.92 Å². The maximum absolute atomic E-state index is 12.7. The molecule has 1 unspecified atom stereocenters. The van der Waals surface area contributed by atoms with Gasteiger partial charge in [0.05, 0.1) is 10.4 Å². The molecule has 0 spiro atoms. The van der Waals surface area contributed by atoms with E-state index in [1.54, 1.807) is 29.7 Å². The smallest absolute Gasteiger partial charge is 0.123 e. The predicted molar refractivity (Wildman–Crippen MR) is 65.5 cm³/mol. The number of hydrogen-bond acceptors (Lipinski definition) is 2. The standard InChI is InChI=1S/C12H11ClFNS/c1-8-15-7-12(16-8)11(13)6-9-2-4-10(14)5-3-9/h2-5,7,11H,6H2,1H3. The van der Waals surface area contributed by atoms with Gasteiger partial charge >= 0.3 is 0 Å². The molecule has 2 rings (SSSR count). The third-order valence-corrected chi connectivity index (χ3v) is 3.82. The highest BCUT2D eigenvalue weighted by atomic mass is 35.5. The van der Waals surface area contributed by atoms with Crippen LogP contribution in [-0.2, 0) is 6.42 Å². The van der Waals surface area contributed by atoms with Crippen LogP contribution in [0.2, 0.25) is 0 Å². The Kier molecular flexibility index (Phi) is 3.56. The average molecular weight is 256 g/mol. The molecule has 1 atom stereocenters. The van der Waals surface area contributed by atoms with Crippen LogP contribution < -0.4 is 0 Å². The van der Waals surface area contributed by atoms with Crippen molar-refractivity contribution in [2.45, 2.75) is 18.7 Å². The van der Waals surface area contributed by atoms with E-state index in [2.05, 4.69) is 4.98 Å². The van der Waals surface area contributed by atoms with Crippen molar-refractivity contribution < 1.29 is 4.39 Å². The van der Waals surface area contributed by atoms with Crippen molar-refractivity contribution in [1.29, 1.82) is 0 Å². The summed E-state index contributed by atoms with van der Waals surface area (Å²) in [5, 5.41) is 0.927. The zero-order valence-electron chi connectivity index (χ0n) is 8.78. The molecule has 0 bridgehead atoms. The Bertz CT molecular complexity index is 466. The van der Waals surface area contributed by atoms with Crippen molar-refractivity contribution in [2.24, 2.45) is 0 Å². The molecule has 84 valence electrons. The number of thiazole rings is 1. The molecule has 0 aliphatic rings. The highest BCUT2D eigenvalue weighted by Crippen LogP contribution is 2.29. The number of halogens is 2. The van der Waals surface area contributed by atoms with Gasteiger partial charge in [0, 0.05) is 11.1 Å². The first-order chi connectivity index (χ1) is 7.65. The molecular weight excluding hydrogens is 245 g/mol. The fourth-order valence-corrected chi connectivity index (χ4v) is 2.58. The van der Waals surface area contributed by atoms with E-state index in [-0.39, 0.29) is 11.2 Å². The van der Waals surface area contributed by atoms with Crippen molar-refractivity contribution in [3.8, 4) is 0 Å². The second kappa shape index (κ2) is 4.93. The van der Waals surface area contributed by atoms with Crippen LogP contribution in [0.5, 0.6) is 0 Å². The van der Waals surface area contributed by atoms with Crippen molar-refractivity contribution >= 4 is 22.9 Å². The second-order valence-electron chi connectivity index (χ2n) is 3.58. The van der Waals surface area contributed by atoms with E-state index < -0.39 is 0 Å². The normalized spacial score (nSPS) is 12.7. The minimum Gasteiger partial charge on any atom is -0.250 e. The van der Waals surface area contributed by atoms with Gasteiger partial charge in [-0.25, -0.2) is 9.37 Å². The van der Waals surface area contributed by atoms with E-state index in [9.17, 15) is 4.39 Å². The van der Waals surface area contributed by atoms with Crippen LogP contribution in [0.25, 0.3) is 0 Å². The maximum atomic E-state index is 12.7. The van der Waals surface area contributed by atoms with E-state index in [4.69, 9.17) is 11.6 Å². The van der Waals surface area contributed by atoms with Crippen LogP contribution in [0.3, 0.4) is 0 Å². The van der Waals surface area contributed by atoms with Crippen LogP contribution in [0.15, 0.2) is 30.5 Å². The lowest BCUT2D eigenvalue weighted by atomic mass is 10.1. The third-order valence-electron chi connectivity index (χ3n) is 2.28. The van der Waals surface area contributed by atoms with Gasteiger partial charge in [-0.15, -0.1) is 22.9 Å². The minimum atomic E-state index is -0.219. The number of alkyl halides is 1. The van der Waals surface area contributed by atoms with Gasteiger partial charge in [-0.3, -0.25) is 0 Å². The molecule has 0 aliphatic carbocycles. The summed E-state index contributed by atoms with van der Waals surface area (Å²) in [6.07, 6.45) is 2.50. The number of benzene rings is 1. The number of aromatic nitrogens is 1. The lowest BCUT2D eigenvalue weighted by molar-refractivity contribution is 0.627. The summed E-state index contributed by atoms with van der Waals surface area (Å²) in [6, 6.07) is 6.44. The molecule has 0 aliphatic heterocycles. The zero-order valence-corrected chi connectivity index (χ0v) is 10.4. The van der Waals surface area contributed by atoms with Gasteiger partial charge in [-0.05, 0) is 31.0 Å². The molecule has 0 amide bonds. The van der Waals surface area contributed by atoms with E-state index in [0.29, 0.717) is 6.42 Å². The molecule has 2 aromatic rings. The van der Waals surface area contributed by atoms with Gasteiger partial charge in [-0.2, -0.15) is 0 Å². The van der Waals surface area contributed by atoms with Crippen LogP contribution in [0.1, 0.15) is 20.8 Å². The van der Waals surface area contributed by atoms with Crippen molar-refractivity contribution in [2.75, 3.05) is 0 Å². The minimum absolute atomic E-state index is 0.0864. The van der Waals surface area contributed by atoms with Crippen LogP contribution in [-0.4, -0.2) is 4.98 Å². The first-order valence-electron chi connectivity index (χ1n) is 4.96. The summed E-state index contributed by atoms with van der Waals surface area (Å²) < 4.78 is 12.7. The Morgan fingerprint density at radius 1 is 1.38 bits per heavy atom. The molecule has 1 aromatic heterocycles. The Hall–Kier alpha value is -0.930. The summed E-state index contributed by atoms with van der Waals surface area (Å²) in [5.41, 5.74) is 1.03. The average Bonchev–Trinajstić information content (AvgIpc) is 2.68. The first-order valence-corrected chi connectivity index (χ1v) is 6.21. The molecule has 0 N–H and O–H groups in total. The number of aryl methyl sites for hydroxylation is 1. The Balaban J connectivity index is 2.07. The number of hydrogen-bond donors (Lipinski definition) is 0. The highest BCUT2D eigenvalue weighted by molar-refractivity contribution is 7.11. The van der Waals surface area contributed by atoms with Gasteiger partial charge in [0.1, 0.15) is 5.82 Å². The molecular formula is C12H11ClFNS. The highest BCUT2D eigenvalue weighted by Gasteiger charge is 2.11. The number of rotatable bonds is 3. The summed E-state index contributed by atoms with van der Waals surface area (Å²) in [5.74, 6) is -0.219. The molecule has 16 heavy (non-hydrogen) atoms. The van der Waals surface area contributed by atoms with Crippen molar-refractivity contribution in [1.82, 2.24) is 4.98 Å². The predicted octanol–water partition coefficient (Wildman–Crippen LogP) is 4.11. The molecule has 0 saturated carbocycles. The summed E-state index contributed by atoms with van der Waals surface area (Å²) in [6.45, 7) is 1.95. The largest absolute Gasteiger partial charge is 0.250 e. The quantitative estimate of drug-likeness (QED) is 0.752. The van der Waals surface area contributed by atoms with Crippen molar-refractivity contribution in [3.63, 3.8) is 0 Å². The van der Waals surface area contributed by atoms with Gasteiger partial charge in [0.15, 0.2) is 0 Å². The van der Waals surface area contributed by atoms with Crippen molar-refractivity contribution in [3.05, 3.63) is 51.7 Å². The van der Waals surface area contributed by atoms with Gasteiger partial charge in [0.25, 0.3) is 0 Å². The monoisotopic (exact) mass is 255 g/mol. The van der Waals surface area contributed by atoms with Crippen LogP contribution in [0.4, 0.5) is 4.39 Å². The fourth-order valence-electron chi connectivity index (χ4n) is 1.45. The molecule has 1 aromatic carbocycles. The lowest BCUT2D eigenvalue weighted by Crippen LogP contribution is -1.93. The molecule has 0 fully saturated rings. The second-order valence-corrected chi connectivity index (χ2v) is 5.37. The Labute approximate surface area is 103 Å². The van der Waals surface area contributed by atoms with Gasteiger partial charge < -0.3 is 0 Å². The maximum Gasteiger partial charge on any atom is 0.123 e. The van der Waals surface area contributed by atoms with E-state index in [1.165, 1.54) is 12.1 Å². The van der Waals surface area contributed by atoms with Crippen LogP contribution in [0, 0.1) is 12.7 Å². The zero-order chi connectivity index (χ0) is 11.5. The summed E-state index contributed by atoms with van der Waals surface area (Å²) >= 11 is 7.87.